The standard InChI is InChI=1S/C21H30FN7O.HI/c1-3-25-21(27-13-6-14-30-4-2)26-12-5-7-19-18(15-23)20(24)29(28-19)17-10-8-16(22)9-11-17;/h8-11H,3-7,12-14,24H2,1-2H3,(H2,25,26,27);1H. The summed E-state index contributed by atoms with van der Waals surface area (Å²) >= 11 is 0. The third kappa shape index (κ3) is 8.34. The molecule has 10 heteroatoms. The summed E-state index contributed by atoms with van der Waals surface area (Å²) in [6, 6.07) is 7.95. The van der Waals surface area contributed by atoms with Gasteiger partial charge in [0, 0.05) is 32.8 Å². The lowest BCUT2D eigenvalue weighted by Crippen LogP contribution is -2.38. The average molecular weight is 543 g/mol. The number of ether oxygens (including phenoxy) is 1. The van der Waals surface area contributed by atoms with Crippen molar-refractivity contribution in [2.75, 3.05) is 38.6 Å². The zero-order chi connectivity index (χ0) is 21.8. The summed E-state index contributed by atoms with van der Waals surface area (Å²) in [6.07, 6.45) is 2.18. The van der Waals surface area contributed by atoms with Crippen molar-refractivity contribution in [3.8, 4) is 11.8 Å². The summed E-state index contributed by atoms with van der Waals surface area (Å²) in [5, 5.41) is 20.4. The van der Waals surface area contributed by atoms with E-state index in [4.69, 9.17) is 10.5 Å². The molecule has 0 bridgehead atoms. The molecule has 2 rings (SSSR count). The summed E-state index contributed by atoms with van der Waals surface area (Å²) in [6.45, 7) is 7.57. The van der Waals surface area contributed by atoms with Crippen molar-refractivity contribution < 1.29 is 9.13 Å². The van der Waals surface area contributed by atoms with Crippen molar-refractivity contribution in [1.82, 2.24) is 20.4 Å². The average Bonchev–Trinajstić information content (AvgIpc) is 3.06. The minimum absolute atomic E-state index is 0. The second kappa shape index (κ2) is 14.6. The fraction of sp³-hybridized carbons (Fsp3) is 0.476. The molecule has 0 aliphatic rings. The van der Waals surface area contributed by atoms with Crippen LogP contribution in [0.1, 0.15) is 37.9 Å². The van der Waals surface area contributed by atoms with Crippen molar-refractivity contribution in [1.29, 1.82) is 5.26 Å². The van der Waals surface area contributed by atoms with Crippen molar-refractivity contribution in [3.05, 3.63) is 41.3 Å². The van der Waals surface area contributed by atoms with E-state index in [1.165, 1.54) is 16.8 Å². The van der Waals surface area contributed by atoms with E-state index in [1.807, 2.05) is 13.8 Å². The molecule has 1 aromatic carbocycles. The Kier molecular flexibility index (Phi) is 12.5. The summed E-state index contributed by atoms with van der Waals surface area (Å²) in [4.78, 5) is 4.56. The number of benzene rings is 1. The van der Waals surface area contributed by atoms with Crippen LogP contribution < -0.4 is 16.4 Å². The number of nitrogens with zero attached hydrogens (tertiary/aromatic N) is 4. The molecule has 0 spiro atoms. The number of nitrogens with two attached hydrogens (primary N) is 1. The van der Waals surface area contributed by atoms with Crippen LogP contribution in [0.25, 0.3) is 5.69 Å². The molecule has 8 nitrogen and oxygen atoms in total. The van der Waals surface area contributed by atoms with E-state index in [0.29, 0.717) is 36.3 Å². The number of guanidine groups is 1. The first-order valence-electron chi connectivity index (χ1n) is 10.2. The minimum atomic E-state index is -0.342. The fourth-order valence-electron chi connectivity index (χ4n) is 2.86. The number of aliphatic imine (C=N–C) groups is 1. The number of aromatic nitrogens is 2. The Morgan fingerprint density at radius 3 is 2.65 bits per heavy atom. The van der Waals surface area contributed by atoms with Gasteiger partial charge in [-0.25, -0.2) is 9.07 Å². The fourth-order valence-corrected chi connectivity index (χ4v) is 2.86. The van der Waals surface area contributed by atoms with E-state index in [0.717, 1.165) is 38.7 Å². The lowest BCUT2D eigenvalue weighted by Gasteiger charge is -2.11. The highest BCUT2D eigenvalue weighted by atomic mass is 127. The number of rotatable bonds is 11. The lowest BCUT2D eigenvalue weighted by molar-refractivity contribution is 0.145. The van der Waals surface area contributed by atoms with Gasteiger partial charge in [0.15, 0.2) is 5.96 Å². The van der Waals surface area contributed by atoms with Gasteiger partial charge in [0.1, 0.15) is 23.3 Å². The van der Waals surface area contributed by atoms with Gasteiger partial charge in [-0.05, 0) is 57.4 Å². The summed E-state index contributed by atoms with van der Waals surface area (Å²) < 4.78 is 20.0. The highest BCUT2D eigenvalue weighted by Gasteiger charge is 2.16. The molecule has 1 aromatic heterocycles. The SMILES string of the molecule is CCNC(=NCCCc1nn(-c2ccc(F)cc2)c(N)c1C#N)NCCCOCC.I. The molecule has 0 radical (unpaired) electrons. The molecule has 170 valence electrons. The molecule has 0 amide bonds. The monoisotopic (exact) mass is 543 g/mol. The highest BCUT2D eigenvalue weighted by Crippen LogP contribution is 2.21. The van der Waals surface area contributed by atoms with Gasteiger partial charge in [0.2, 0.25) is 0 Å². The Morgan fingerprint density at radius 2 is 2.00 bits per heavy atom. The van der Waals surface area contributed by atoms with E-state index in [9.17, 15) is 9.65 Å². The Labute approximate surface area is 200 Å². The number of nitriles is 1. The maximum atomic E-state index is 13.2. The predicted molar refractivity (Wildman–Crippen MR) is 131 cm³/mol. The Hall–Kier alpha value is -2.39. The molecular formula is C21H31FIN7O. The molecule has 0 atom stereocenters. The molecule has 0 aliphatic heterocycles. The van der Waals surface area contributed by atoms with Crippen LogP contribution in [0.2, 0.25) is 0 Å². The third-order valence-electron chi connectivity index (χ3n) is 4.32. The zero-order valence-corrected chi connectivity index (χ0v) is 20.4. The van der Waals surface area contributed by atoms with Crippen LogP contribution in [0.5, 0.6) is 0 Å². The molecule has 1 heterocycles. The van der Waals surface area contributed by atoms with E-state index >= 15 is 0 Å². The summed E-state index contributed by atoms with van der Waals surface area (Å²) in [7, 11) is 0. The first-order valence-corrected chi connectivity index (χ1v) is 10.2. The third-order valence-corrected chi connectivity index (χ3v) is 4.32. The first-order chi connectivity index (χ1) is 14.6. The van der Waals surface area contributed by atoms with Gasteiger partial charge in [-0.15, -0.1) is 24.0 Å². The van der Waals surface area contributed by atoms with Gasteiger partial charge >= 0.3 is 0 Å². The van der Waals surface area contributed by atoms with Crippen molar-refractivity contribution >= 4 is 35.8 Å². The van der Waals surface area contributed by atoms with Gasteiger partial charge in [-0.3, -0.25) is 4.99 Å². The van der Waals surface area contributed by atoms with Crippen LogP contribution in [-0.4, -0.2) is 48.6 Å². The van der Waals surface area contributed by atoms with Crippen LogP contribution in [0.15, 0.2) is 29.3 Å². The summed E-state index contributed by atoms with van der Waals surface area (Å²) in [5.74, 6) is 0.670. The number of hydrogen-bond donors (Lipinski definition) is 3. The van der Waals surface area contributed by atoms with Gasteiger partial charge in [-0.2, -0.15) is 10.4 Å². The van der Waals surface area contributed by atoms with Crippen LogP contribution in [0.3, 0.4) is 0 Å². The van der Waals surface area contributed by atoms with E-state index in [2.05, 4.69) is 26.8 Å². The maximum Gasteiger partial charge on any atom is 0.191 e. The molecule has 4 N–H and O–H groups in total. The highest BCUT2D eigenvalue weighted by molar-refractivity contribution is 14.0. The minimum Gasteiger partial charge on any atom is -0.382 e. The molecular weight excluding hydrogens is 512 g/mol. The van der Waals surface area contributed by atoms with Gasteiger partial charge < -0.3 is 21.1 Å². The quantitative estimate of drug-likeness (QED) is 0.174. The molecule has 31 heavy (non-hydrogen) atoms. The molecule has 0 aliphatic carbocycles. The number of nitrogens with one attached hydrogen (secondary N) is 2. The molecule has 0 unspecified atom stereocenters. The Bertz CT molecular complexity index is 862. The number of aryl methyl sites for hydroxylation is 1. The van der Waals surface area contributed by atoms with Crippen LogP contribution in [0.4, 0.5) is 10.2 Å². The topological polar surface area (TPSA) is 113 Å². The van der Waals surface area contributed by atoms with Gasteiger partial charge in [0.05, 0.1) is 11.4 Å². The predicted octanol–water partition coefficient (Wildman–Crippen LogP) is 3.00. The first kappa shape index (κ1) is 26.6. The largest absolute Gasteiger partial charge is 0.382 e. The van der Waals surface area contributed by atoms with Crippen molar-refractivity contribution in [2.24, 2.45) is 4.99 Å². The van der Waals surface area contributed by atoms with E-state index < -0.39 is 0 Å². The van der Waals surface area contributed by atoms with E-state index in [1.54, 1.807) is 12.1 Å². The van der Waals surface area contributed by atoms with Gasteiger partial charge in [0.25, 0.3) is 0 Å². The van der Waals surface area contributed by atoms with Crippen LogP contribution >= 0.6 is 24.0 Å². The molecule has 0 saturated carbocycles. The lowest BCUT2D eigenvalue weighted by atomic mass is 10.1. The maximum absolute atomic E-state index is 13.2. The molecule has 0 fully saturated rings. The van der Waals surface area contributed by atoms with Crippen LogP contribution in [0, 0.1) is 17.1 Å². The van der Waals surface area contributed by atoms with Crippen molar-refractivity contribution in [2.45, 2.75) is 33.1 Å². The zero-order valence-electron chi connectivity index (χ0n) is 18.0. The number of hydrogen-bond acceptors (Lipinski definition) is 5. The van der Waals surface area contributed by atoms with E-state index in [-0.39, 0.29) is 35.6 Å². The smallest absolute Gasteiger partial charge is 0.191 e. The van der Waals surface area contributed by atoms with Gasteiger partial charge in [-0.1, -0.05) is 0 Å². The van der Waals surface area contributed by atoms with Crippen LogP contribution in [-0.2, 0) is 11.2 Å². The normalized spacial score (nSPS) is 11.0. The molecule has 0 saturated heterocycles. The summed E-state index contributed by atoms with van der Waals surface area (Å²) in [5.41, 5.74) is 7.67. The second-order valence-electron chi connectivity index (χ2n) is 6.55. The number of halogens is 2. The number of anilines is 1. The second-order valence-corrected chi connectivity index (χ2v) is 6.55. The molecule has 2 aromatic rings. The number of nitrogen functional groups attached to an aromatic ring is 1. The Morgan fingerprint density at radius 1 is 1.26 bits per heavy atom. The Balaban J connectivity index is 0.00000480. The van der Waals surface area contributed by atoms with Crippen molar-refractivity contribution in [3.63, 3.8) is 0 Å².